The van der Waals surface area contributed by atoms with Gasteiger partial charge in [0.1, 0.15) is 6.10 Å². The first-order chi connectivity index (χ1) is 11.7. The molecular weight excluding hydrogens is 308 g/mol. The molecule has 0 bridgehead atoms. The summed E-state index contributed by atoms with van der Waals surface area (Å²) in [5, 5.41) is 26.3. The smallest absolute Gasteiger partial charge is 0.306 e. The molecule has 3 N–H and O–H groups in total. The normalized spacial score (nSPS) is 11.5. The van der Waals surface area contributed by atoms with Crippen molar-refractivity contribution >= 4 is 5.97 Å². The molecule has 0 aliphatic heterocycles. The Bertz CT molecular complexity index is 300. The molecule has 0 fully saturated rings. The molecule has 0 aliphatic carbocycles. The topological polar surface area (TPSA) is 87.0 Å². The van der Waals surface area contributed by atoms with Gasteiger partial charge in [0.05, 0.1) is 13.2 Å². The maximum Gasteiger partial charge on any atom is 0.306 e. The first-order valence-electron chi connectivity index (χ1n) is 9.41. The first kappa shape index (κ1) is 23.1. The highest BCUT2D eigenvalue weighted by Crippen LogP contribution is 2.10. The molecule has 24 heavy (non-hydrogen) atoms. The van der Waals surface area contributed by atoms with Gasteiger partial charge in [-0.1, -0.05) is 44.3 Å². The molecule has 0 radical (unpaired) electrons. The number of carbonyl (C=O) groups is 1. The molecule has 5 heteroatoms. The van der Waals surface area contributed by atoms with Gasteiger partial charge in [0.25, 0.3) is 0 Å². The summed E-state index contributed by atoms with van der Waals surface area (Å²) in [6.07, 6.45) is 16.1. The highest BCUT2D eigenvalue weighted by molar-refractivity contribution is 5.69. The minimum atomic E-state index is -0.778. The lowest BCUT2D eigenvalue weighted by Crippen LogP contribution is -2.25. The summed E-state index contributed by atoms with van der Waals surface area (Å²) in [7, 11) is 0. The number of allylic oxidation sites excluding steroid dienone is 2. The summed E-state index contributed by atoms with van der Waals surface area (Å²) in [6, 6.07) is 0. The van der Waals surface area contributed by atoms with Crippen molar-refractivity contribution < 1.29 is 24.9 Å². The Kier molecular flexibility index (Phi) is 17.7. The molecule has 0 aliphatic rings. The fraction of sp³-hybridized carbons (Fsp3) is 0.842. The number of hydrogen-bond donors (Lipinski definition) is 3. The zero-order chi connectivity index (χ0) is 17.9. The Balaban J connectivity index is 3.28. The monoisotopic (exact) mass is 344 g/mol. The molecule has 0 aromatic heterocycles. The number of esters is 1. The fourth-order valence-corrected chi connectivity index (χ4v) is 2.40. The largest absolute Gasteiger partial charge is 0.457 e. The standard InChI is InChI=1S/C19H36O5/c20-15-13-11-9-7-5-3-1-2-4-6-8-10-12-14-19(23)24-18(16-21)17-22/h3,5,18,20-22H,1-2,4,6-17H2/b5-3+. The van der Waals surface area contributed by atoms with Crippen molar-refractivity contribution in [1.29, 1.82) is 0 Å². The van der Waals surface area contributed by atoms with Gasteiger partial charge >= 0.3 is 5.97 Å². The quantitative estimate of drug-likeness (QED) is 0.214. The molecule has 5 nitrogen and oxygen atoms in total. The Morgan fingerprint density at radius 2 is 1.25 bits per heavy atom. The second-order valence-corrected chi connectivity index (χ2v) is 6.18. The summed E-state index contributed by atoms with van der Waals surface area (Å²) in [4.78, 5) is 11.4. The van der Waals surface area contributed by atoms with Gasteiger partial charge < -0.3 is 20.1 Å². The predicted octanol–water partition coefficient (Wildman–Crippen LogP) is 3.11. The number of unbranched alkanes of at least 4 members (excludes halogenated alkanes) is 9. The third-order valence-electron chi connectivity index (χ3n) is 3.90. The van der Waals surface area contributed by atoms with Crippen molar-refractivity contribution in [3.8, 4) is 0 Å². The van der Waals surface area contributed by atoms with Crippen LogP contribution in [0.5, 0.6) is 0 Å². The van der Waals surface area contributed by atoms with Crippen molar-refractivity contribution in [3.05, 3.63) is 12.2 Å². The van der Waals surface area contributed by atoms with E-state index in [-0.39, 0.29) is 19.2 Å². The average Bonchev–Trinajstić information content (AvgIpc) is 2.60. The van der Waals surface area contributed by atoms with Gasteiger partial charge in [-0.15, -0.1) is 0 Å². The molecule has 0 saturated carbocycles. The summed E-state index contributed by atoms with van der Waals surface area (Å²) < 4.78 is 4.90. The third-order valence-corrected chi connectivity index (χ3v) is 3.90. The highest BCUT2D eigenvalue weighted by Gasteiger charge is 2.11. The van der Waals surface area contributed by atoms with Crippen molar-refractivity contribution in [1.82, 2.24) is 0 Å². The average molecular weight is 344 g/mol. The van der Waals surface area contributed by atoms with Gasteiger partial charge in [-0.25, -0.2) is 0 Å². The van der Waals surface area contributed by atoms with Gasteiger partial charge in [0.2, 0.25) is 0 Å². The second-order valence-electron chi connectivity index (χ2n) is 6.18. The summed E-state index contributed by atoms with van der Waals surface area (Å²) >= 11 is 0. The zero-order valence-electron chi connectivity index (χ0n) is 15.0. The van der Waals surface area contributed by atoms with Crippen LogP contribution in [-0.4, -0.2) is 47.2 Å². The number of aliphatic hydroxyl groups excluding tert-OH is 3. The van der Waals surface area contributed by atoms with E-state index in [0.717, 1.165) is 51.4 Å². The molecule has 0 heterocycles. The molecule has 0 unspecified atom stereocenters. The number of ether oxygens (including phenoxy) is 1. The molecule has 0 atom stereocenters. The first-order valence-corrected chi connectivity index (χ1v) is 9.41. The van der Waals surface area contributed by atoms with Crippen molar-refractivity contribution in [2.24, 2.45) is 0 Å². The summed E-state index contributed by atoms with van der Waals surface area (Å²) in [5.41, 5.74) is 0. The van der Waals surface area contributed by atoms with Crippen LogP contribution in [0.2, 0.25) is 0 Å². The lowest BCUT2D eigenvalue weighted by Gasteiger charge is -2.12. The van der Waals surface area contributed by atoms with E-state index >= 15 is 0 Å². The van der Waals surface area contributed by atoms with Crippen LogP contribution in [0.4, 0.5) is 0 Å². The van der Waals surface area contributed by atoms with Gasteiger partial charge in [0, 0.05) is 13.0 Å². The van der Waals surface area contributed by atoms with E-state index in [2.05, 4.69) is 12.2 Å². The van der Waals surface area contributed by atoms with Crippen molar-refractivity contribution in [2.75, 3.05) is 19.8 Å². The summed E-state index contributed by atoms with van der Waals surface area (Å²) in [6.45, 7) is -0.366. The maximum atomic E-state index is 11.4. The Hall–Kier alpha value is -0.910. The second kappa shape index (κ2) is 18.4. The molecule has 0 aromatic carbocycles. The zero-order valence-corrected chi connectivity index (χ0v) is 15.0. The van der Waals surface area contributed by atoms with Crippen LogP contribution in [0.3, 0.4) is 0 Å². The molecule has 142 valence electrons. The third kappa shape index (κ3) is 16.0. The van der Waals surface area contributed by atoms with Crippen molar-refractivity contribution in [3.63, 3.8) is 0 Å². The molecule has 0 aromatic rings. The Morgan fingerprint density at radius 3 is 1.79 bits per heavy atom. The lowest BCUT2D eigenvalue weighted by molar-refractivity contribution is -0.153. The van der Waals surface area contributed by atoms with E-state index in [1.165, 1.54) is 19.3 Å². The van der Waals surface area contributed by atoms with Gasteiger partial charge in [-0.3, -0.25) is 4.79 Å². The van der Waals surface area contributed by atoms with Crippen LogP contribution in [0.1, 0.15) is 77.0 Å². The lowest BCUT2D eigenvalue weighted by atomic mass is 10.1. The molecular formula is C19H36O5. The van der Waals surface area contributed by atoms with Crippen LogP contribution in [0.25, 0.3) is 0 Å². The van der Waals surface area contributed by atoms with Gasteiger partial charge in [-0.2, -0.15) is 0 Å². The van der Waals surface area contributed by atoms with E-state index in [4.69, 9.17) is 20.1 Å². The van der Waals surface area contributed by atoms with Crippen molar-refractivity contribution in [2.45, 2.75) is 83.2 Å². The SMILES string of the molecule is O=C(CCCCCCCC/C=C/CCCCCO)OC(CO)CO. The number of rotatable bonds is 17. The van der Waals surface area contributed by atoms with Crippen LogP contribution >= 0.6 is 0 Å². The minimum Gasteiger partial charge on any atom is -0.457 e. The van der Waals surface area contributed by atoms with E-state index in [9.17, 15) is 4.79 Å². The molecule has 0 amide bonds. The summed E-state index contributed by atoms with van der Waals surface area (Å²) in [5.74, 6) is -0.341. The van der Waals surface area contributed by atoms with Crippen LogP contribution in [0, 0.1) is 0 Å². The van der Waals surface area contributed by atoms with E-state index < -0.39 is 6.10 Å². The number of aliphatic hydroxyl groups is 3. The van der Waals surface area contributed by atoms with Crippen LogP contribution in [0.15, 0.2) is 12.2 Å². The minimum absolute atomic E-state index is 0.302. The number of carbonyl (C=O) groups excluding carboxylic acids is 1. The van der Waals surface area contributed by atoms with E-state index in [1.54, 1.807) is 0 Å². The highest BCUT2D eigenvalue weighted by atomic mass is 16.6. The molecule has 0 rings (SSSR count). The predicted molar refractivity (Wildman–Crippen MR) is 95.7 cm³/mol. The maximum absolute atomic E-state index is 11.4. The number of hydrogen-bond acceptors (Lipinski definition) is 5. The van der Waals surface area contributed by atoms with Gasteiger partial charge in [-0.05, 0) is 38.5 Å². The van der Waals surface area contributed by atoms with E-state index in [1.807, 2.05) is 0 Å². The van der Waals surface area contributed by atoms with Crippen LogP contribution < -0.4 is 0 Å². The Morgan fingerprint density at radius 1 is 0.750 bits per heavy atom. The van der Waals surface area contributed by atoms with Crippen LogP contribution in [-0.2, 0) is 9.53 Å². The van der Waals surface area contributed by atoms with E-state index in [0.29, 0.717) is 13.0 Å². The van der Waals surface area contributed by atoms with Gasteiger partial charge in [0.15, 0.2) is 0 Å². The molecule has 0 saturated heterocycles. The fourth-order valence-electron chi connectivity index (χ4n) is 2.40. The molecule has 0 spiro atoms. The Labute approximate surface area is 146 Å².